The van der Waals surface area contributed by atoms with Gasteiger partial charge in [0, 0.05) is 37.0 Å². The van der Waals surface area contributed by atoms with E-state index in [1.54, 1.807) is 0 Å². The maximum atomic E-state index is 13.3. The molecule has 0 saturated carbocycles. The lowest BCUT2D eigenvalue weighted by atomic mass is 9.93. The van der Waals surface area contributed by atoms with Gasteiger partial charge in [-0.05, 0) is 20.8 Å². The van der Waals surface area contributed by atoms with Crippen LogP contribution in [0.2, 0.25) is 0 Å². The van der Waals surface area contributed by atoms with Gasteiger partial charge in [-0.25, -0.2) is 0 Å². The van der Waals surface area contributed by atoms with Crippen LogP contribution < -0.4 is 0 Å². The molecule has 1 fully saturated rings. The van der Waals surface area contributed by atoms with Gasteiger partial charge in [-0.1, -0.05) is 13.8 Å². The van der Waals surface area contributed by atoms with E-state index in [0.29, 0.717) is 32.8 Å². The first-order valence-electron chi connectivity index (χ1n) is 8.94. The Hall–Kier alpha value is -1.40. The van der Waals surface area contributed by atoms with Gasteiger partial charge in [-0.3, -0.25) is 9.48 Å². The Kier molecular flexibility index (Phi) is 4.71. The Morgan fingerprint density at radius 2 is 2.12 bits per heavy atom. The summed E-state index contributed by atoms with van der Waals surface area (Å²) >= 11 is 0. The average molecular weight is 335 g/mol. The molecule has 3 heterocycles. The zero-order valence-corrected chi connectivity index (χ0v) is 15.5. The van der Waals surface area contributed by atoms with Crippen LogP contribution in [-0.4, -0.2) is 53.0 Å². The number of amides is 1. The molecule has 1 saturated heterocycles. The lowest BCUT2D eigenvalue weighted by Crippen LogP contribution is -2.40. The van der Waals surface area contributed by atoms with Crippen LogP contribution in [0.5, 0.6) is 0 Å². The molecule has 1 aromatic heterocycles. The van der Waals surface area contributed by atoms with Crippen molar-refractivity contribution in [2.24, 2.45) is 5.41 Å². The van der Waals surface area contributed by atoms with Gasteiger partial charge >= 0.3 is 0 Å². The van der Waals surface area contributed by atoms with Gasteiger partial charge in [-0.15, -0.1) is 0 Å². The van der Waals surface area contributed by atoms with Gasteiger partial charge in [0.15, 0.2) is 0 Å². The predicted molar refractivity (Wildman–Crippen MR) is 91.1 cm³/mol. The summed E-state index contributed by atoms with van der Waals surface area (Å²) in [6.07, 6.45) is 0.790. The van der Waals surface area contributed by atoms with Crippen molar-refractivity contribution in [1.29, 1.82) is 0 Å². The third kappa shape index (κ3) is 3.22. The monoisotopic (exact) mass is 335 g/mol. The molecule has 2 aliphatic heterocycles. The molecule has 2 atom stereocenters. The van der Waals surface area contributed by atoms with Crippen molar-refractivity contribution >= 4 is 5.91 Å². The summed E-state index contributed by atoms with van der Waals surface area (Å²) in [4.78, 5) is 15.3. The van der Waals surface area contributed by atoms with E-state index in [9.17, 15) is 4.79 Å². The first-order chi connectivity index (χ1) is 11.3. The fourth-order valence-corrected chi connectivity index (χ4v) is 3.75. The highest BCUT2D eigenvalue weighted by Gasteiger charge is 2.35. The summed E-state index contributed by atoms with van der Waals surface area (Å²) in [5, 5.41) is 4.67. The molecule has 0 aromatic carbocycles. The highest BCUT2D eigenvalue weighted by atomic mass is 16.5. The smallest absolute Gasteiger partial charge is 0.272 e. The Morgan fingerprint density at radius 3 is 2.83 bits per heavy atom. The van der Waals surface area contributed by atoms with E-state index in [2.05, 4.69) is 25.9 Å². The first-order valence-corrected chi connectivity index (χ1v) is 8.94. The molecule has 0 bridgehead atoms. The number of nitrogens with zero attached hydrogens (tertiary/aromatic N) is 3. The first kappa shape index (κ1) is 17.4. The van der Waals surface area contributed by atoms with Gasteiger partial charge in [0.2, 0.25) is 0 Å². The number of carbonyl (C=O) groups excluding carboxylic acids is 1. The SMILES string of the molecule is CCn1nc2c(c1C(=O)N1CCOCC(C)(C)C1)C[C@H](C)O[C@@H]2C. The fraction of sp³-hybridized carbons (Fsp3) is 0.778. The van der Waals surface area contributed by atoms with Crippen LogP contribution in [0.1, 0.15) is 62.5 Å². The van der Waals surface area contributed by atoms with Crippen LogP contribution in [0.25, 0.3) is 0 Å². The van der Waals surface area contributed by atoms with Crippen molar-refractivity contribution in [2.75, 3.05) is 26.3 Å². The van der Waals surface area contributed by atoms with Crippen molar-refractivity contribution in [2.45, 2.75) is 59.8 Å². The lowest BCUT2D eigenvalue weighted by molar-refractivity contribution is -0.00717. The number of hydrogen-bond donors (Lipinski definition) is 0. The Bertz CT molecular complexity index is 623. The van der Waals surface area contributed by atoms with Gasteiger partial charge in [-0.2, -0.15) is 5.10 Å². The highest BCUT2D eigenvalue weighted by Crippen LogP contribution is 2.32. The molecular formula is C18H29N3O3. The van der Waals surface area contributed by atoms with Crippen LogP contribution >= 0.6 is 0 Å². The minimum Gasteiger partial charge on any atom is -0.379 e. The zero-order chi connectivity index (χ0) is 17.5. The number of ether oxygens (including phenoxy) is 2. The zero-order valence-electron chi connectivity index (χ0n) is 15.5. The molecule has 2 aliphatic rings. The van der Waals surface area contributed by atoms with E-state index in [4.69, 9.17) is 9.47 Å². The van der Waals surface area contributed by atoms with Crippen molar-refractivity contribution < 1.29 is 14.3 Å². The molecule has 3 rings (SSSR count). The third-order valence-corrected chi connectivity index (χ3v) is 4.80. The van der Waals surface area contributed by atoms with E-state index >= 15 is 0 Å². The molecule has 0 aliphatic carbocycles. The van der Waals surface area contributed by atoms with E-state index < -0.39 is 0 Å². The van der Waals surface area contributed by atoms with Gasteiger partial charge in [0.1, 0.15) is 5.69 Å². The standard InChI is InChI=1S/C18H29N3O3/c1-6-21-16(14-9-12(2)24-13(3)15(14)19-21)17(22)20-7-8-23-11-18(4,5)10-20/h12-13H,6-11H2,1-5H3/t12-,13+/m0/s1. The number of carbonyl (C=O) groups is 1. The quantitative estimate of drug-likeness (QED) is 0.833. The summed E-state index contributed by atoms with van der Waals surface area (Å²) in [7, 11) is 0. The molecule has 24 heavy (non-hydrogen) atoms. The second kappa shape index (κ2) is 6.48. The van der Waals surface area contributed by atoms with Crippen LogP contribution in [0, 0.1) is 5.41 Å². The number of rotatable bonds is 2. The van der Waals surface area contributed by atoms with E-state index in [0.717, 1.165) is 23.4 Å². The second-order valence-electron chi connectivity index (χ2n) is 7.76. The van der Waals surface area contributed by atoms with Crippen LogP contribution in [0.15, 0.2) is 0 Å². The van der Waals surface area contributed by atoms with Crippen molar-refractivity contribution in [1.82, 2.24) is 14.7 Å². The third-order valence-electron chi connectivity index (χ3n) is 4.80. The molecule has 1 aromatic rings. The number of aryl methyl sites for hydroxylation is 1. The lowest BCUT2D eigenvalue weighted by Gasteiger charge is -2.29. The minimum absolute atomic E-state index is 0.0347. The normalized spacial score (nSPS) is 26.8. The van der Waals surface area contributed by atoms with E-state index in [1.807, 2.05) is 23.4 Å². The summed E-state index contributed by atoms with van der Waals surface area (Å²) in [5.41, 5.74) is 2.69. The summed E-state index contributed by atoms with van der Waals surface area (Å²) < 4.78 is 13.4. The van der Waals surface area contributed by atoms with Crippen LogP contribution in [0.4, 0.5) is 0 Å². The van der Waals surface area contributed by atoms with E-state index in [-0.39, 0.29) is 23.5 Å². The maximum Gasteiger partial charge on any atom is 0.272 e. The minimum atomic E-state index is -0.0630. The van der Waals surface area contributed by atoms with Crippen molar-refractivity contribution in [3.8, 4) is 0 Å². The predicted octanol–water partition coefficient (Wildman–Crippen LogP) is 2.42. The number of hydrogen-bond acceptors (Lipinski definition) is 4. The molecule has 0 unspecified atom stereocenters. The second-order valence-corrected chi connectivity index (χ2v) is 7.76. The number of fused-ring (bicyclic) bond motifs is 1. The highest BCUT2D eigenvalue weighted by molar-refractivity contribution is 5.94. The summed E-state index contributed by atoms with van der Waals surface area (Å²) in [5.74, 6) is 0.0745. The molecule has 6 nitrogen and oxygen atoms in total. The summed E-state index contributed by atoms with van der Waals surface area (Å²) in [6, 6.07) is 0. The largest absolute Gasteiger partial charge is 0.379 e. The molecule has 0 radical (unpaired) electrons. The fourth-order valence-electron chi connectivity index (χ4n) is 3.75. The molecule has 0 N–H and O–H groups in total. The average Bonchev–Trinajstić information content (AvgIpc) is 2.77. The molecule has 6 heteroatoms. The molecule has 0 spiro atoms. The maximum absolute atomic E-state index is 13.3. The van der Waals surface area contributed by atoms with Gasteiger partial charge in [0.05, 0.1) is 31.1 Å². The van der Waals surface area contributed by atoms with Crippen molar-refractivity contribution in [3.63, 3.8) is 0 Å². The Morgan fingerprint density at radius 1 is 1.38 bits per heavy atom. The van der Waals surface area contributed by atoms with Gasteiger partial charge < -0.3 is 14.4 Å². The Balaban J connectivity index is 1.97. The Labute approximate surface area is 144 Å². The van der Waals surface area contributed by atoms with Crippen molar-refractivity contribution in [3.05, 3.63) is 17.0 Å². The van der Waals surface area contributed by atoms with Crippen LogP contribution in [-0.2, 0) is 22.4 Å². The van der Waals surface area contributed by atoms with Crippen LogP contribution in [0.3, 0.4) is 0 Å². The molecular weight excluding hydrogens is 306 g/mol. The summed E-state index contributed by atoms with van der Waals surface area (Å²) in [6.45, 7) is 13.7. The topological polar surface area (TPSA) is 56.6 Å². The number of aromatic nitrogens is 2. The molecule has 134 valence electrons. The van der Waals surface area contributed by atoms with E-state index in [1.165, 1.54) is 0 Å². The molecule has 1 amide bonds. The van der Waals surface area contributed by atoms with Gasteiger partial charge in [0.25, 0.3) is 5.91 Å².